The first-order valence-electron chi connectivity index (χ1n) is 10.8. The summed E-state index contributed by atoms with van der Waals surface area (Å²) in [6, 6.07) is 18.3. The minimum Gasteiger partial charge on any atom is -0.496 e. The average Bonchev–Trinajstić information content (AvgIpc) is 2.84. The van der Waals surface area contributed by atoms with Crippen molar-refractivity contribution in [2.24, 2.45) is 0 Å². The van der Waals surface area contributed by atoms with Crippen LogP contribution in [0, 0.1) is 13.8 Å². The first kappa shape index (κ1) is 20.8. The topological polar surface area (TPSA) is 72.4 Å². The van der Waals surface area contributed by atoms with Crippen molar-refractivity contribution in [1.82, 2.24) is 15.0 Å². The van der Waals surface area contributed by atoms with E-state index in [2.05, 4.69) is 39.2 Å². The summed E-state index contributed by atoms with van der Waals surface area (Å²) in [7, 11) is 1.67. The molecule has 7 heteroatoms. The molecule has 0 radical (unpaired) electrons. The third-order valence-electron chi connectivity index (χ3n) is 5.64. The van der Waals surface area contributed by atoms with E-state index in [1.807, 2.05) is 49.4 Å². The van der Waals surface area contributed by atoms with Crippen molar-refractivity contribution < 1.29 is 9.47 Å². The summed E-state index contributed by atoms with van der Waals surface area (Å²) in [4.78, 5) is 15.7. The predicted octanol–water partition coefficient (Wildman–Crippen LogP) is 5.44. The fourth-order valence-corrected chi connectivity index (χ4v) is 4.02. The van der Waals surface area contributed by atoms with Gasteiger partial charge < -0.3 is 19.7 Å². The van der Waals surface area contributed by atoms with Gasteiger partial charge in [-0.05, 0) is 55.3 Å². The highest BCUT2D eigenvalue weighted by atomic mass is 16.5. The lowest BCUT2D eigenvalue weighted by molar-refractivity contribution is 0.310. The zero-order valence-electron chi connectivity index (χ0n) is 18.9. The van der Waals surface area contributed by atoms with Crippen molar-refractivity contribution in [2.45, 2.75) is 13.8 Å². The van der Waals surface area contributed by atoms with E-state index in [4.69, 9.17) is 14.5 Å². The van der Waals surface area contributed by atoms with Gasteiger partial charge in [-0.25, -0.2) is 4.98 Å². The zero-order valence-corrected chi connectivity index (χ0v) is 18.9. The Labute approximate surface area is 193 Å². The number of para-hydroxylation sites is 1. The molecule has 2 aromatic heterocycles. The molecule has 1 N–H and O–H groups in total. The molecular weight excluding hydrogens is 414 g/mol. The number of pyridine rings is 1. The predicted molar refractivity (Wildman–Crippen MR) is 130 cm³/mol. The molecule has 3 heterocycles. The van der Waals surface area contributed by atoms with E-state index in [0.29, 0.717) is 18.3 Å². The maximum atomic E-state index is 5.81. The third kappa shape index (κ3) is 4.17. The summed E-state index contributed by atoms with van der Waals surface area (Å²) >= 11 is 0. The molecule has 0 saturated carbocycles. The molecule has 0 atom stereocenters. The molecule has 0 amide bonds. The molecule has 4 aromatic rings. The highest BCUT2D eigenvalue weighted by molar-refractivity contribution is 5.75. The van der Waals surface area contributed by atoms with Gasteiger partial charge in [0.25, 0.3) is 0 Å². The maximum Gasteiger partial charge on any atom is 0.229 e. The van der Waals surface area contributed by atoms with Crippen LogP contribution in [-0.2, 0) is 0 Å². The lowest BCUT2D eigenvalue weighted by atomic mass is 10.0. The highest BCUT2D eigenvalue weighted by Crippen LogP contribution is 2.37. The van der Waals surface area contributed by atoms with Crippen LogP contribution in [0.1, 0.15) is 11.3 Å². The number of fused-ring (bicyclic) bond motifs is 1. The first-order valence-corrected chi connectivity index (χ1v) is 10.8. The minimum atomic E-state index is 0.493. The SMILES string of the molecule is COc1cc(Nc2ncc3c(n2)N(c2ccccc2C)CCO3)ccc1-c1ccnc(C)c1. The Kier molecular flexibility index (Phi) is 5.52. The molecule has 0 fully saturated rings. The Hall–Kier alpha value is -4.13. The summed E-state index contributed by atoms with van der Waals surface area (Å²) in [6.07, 6.45) is 3.53. The molecule has 166 valence electrons. The molecule has 0 aliphatic carbocycles. The number of aromatic nitrogens is 3. The van der Waals surface area contributed by atoms with E-state index in [0.717, 1.165) is 46.3 Å². The van der Waals surface area contributed by atoms with Gasteiger partial charge in [0.15, 0.2) is 11.6 Å². The molecule has 2 aromatic carbocycles. The summed E-state index contributed by atoms with van der Waals surface area (Å²) in [5.41, 5.74) is 6.15. The standard InChI is InChI=1S/C26H25N5O2/c1-17-6-4-5-7-22(17)31-12-13-33-24-16-28-26(30-25(24)31)29-20-8-9-21(23(15-20)32-3)19-10-11-27-18(2)14-19/h4-11,14-16H,12-13H2,1-3H3,(H,28,29,30). The molecule has 7 nitrogen and oxygen atoms in total. The number of benzene rings is 2. The second-order valence-electron chi connectivity index (χ2n) is 7.89. The van der Waals surface area contributed by atoms with Gasteiger partial charge in [0.05, 0.1) is 19.9 Å². The molecule has 0 bridgehead atoms. The normalized spacial score (nSPS) is 12.6. The van der Waals surface area contributed by atoms with Crippen molar-refractivity contribution >= 4 is 23.1 Å². The van der Waals surface area contributed by atoms with Crippen molar-refractivity contribution in [1.29, 1.82) is 0 Å². The second-order valence-corrected chi connectivity index (χ2v) is 7.89. The Morgan fingerprint density at radius 3 is 2.73 bits per heavy atom. The van der Waals surface area contributed by atoms with Crippen LogP contribution in [-0.4, -0.2) is 35.2 Å². The number of hydrogen-bond donors (Lipinski definition) is 1. The van der Waals surface area contributed by atoms with Gasteiger partial charge >= 0.3 is 0 Å². The number of ether oxygens (including phenoxy) is 2. The molecule has 0 saturated heterocycles. The van der Waals surface area contributed by atoms with Gasteiger partial charge in [-0.1, -0.05) is 18.2 Å². The lowest BCUT2D eigenvalue weighted by Gasteiger charge is -2.31. The van der Waals surface area contributed by atoms with Crippen LogP contribution in [0.2, 0.25) is 0 Å². The molecule has 1 aliphatic rings. The highest BCUT2D eigenvalue weighted by Gasteiger charge is 2.23. The van der Waals surface area contributed by atoms with E-state index < -0.39 is 0 Å². The van der Waals surface area contributed by atoms with Crippen molar-refractivity contribution in [3.63, 3.8) is 0 Å². The van der Waals surface area contributed by atoms with Crippen molar-refractivity contribution in [2.75, 3.05) is 30.5 Å². The van der Waals surface area contributed by atoms with Crippen LogP contribution >= 0.6 is 0 Å². The average molecular weight is 440 g/mol. The van der Waals surface area contributed by atoms with Crippen LogP contribution in [0.5, 0.6) is 11.5 Å². The van der Waals surface area contributed by atoms with Crippen LogP contribution < -0.4 is 19.7 Å². The zero-order chi connectivity index (χ0) is 22.8. The molecule has 33 heavy (non-hydrogen) atoms. The van der Waals surface area contributed by atoms with E-state index in [9.17, 15) is 0 Å². The van der Waals surface area contributed by atoms with E-state index >= 15 is 0 Å². The summed E-state index contributed by atoms with van der Waals surface area (Å²) in [5, 5.41) is 3.31. The number of nitrogens with one attached hydrogen (secondary N) is 1. The van der Waals surface area contributed by atoms with Crippen molar-refractivity contribution in [3.05, 3.63) is 78.2 Å². The largest absolute Gasteiger partial charge is 0.496 e. The van der Waals surface area contributed by atoms with Crippen LogP contribution in [0.15, 0.2) is 67.0 Å². The van der Waals surface area contributed by atoms with Gasteiger partial charge in [-0.15, -0.1) is 0 Å². The van der Waals surface area contributed by atoms with Gasteiger partial charge in [-0.3, -0.25) is 4.98 Å². The van der Waals surface area contributed by atoms with E-state index in [1.54, 1.807) is 19.5 Å². The number of aryl methyl sites for hydroxylation is 2. The number of methoxy groups -OCH3 is 1. The Morgan fingerprint density at radius 1 is 1.03 bits per heavy atom. The number of anilines is 4. The second kappa shape index (κ2) is 8.78. The number of rotatable bonds is 5. The van der Waals surface area contributed by atoms with Crippen molar-refractivity contribution in [3.8, 4) is 22.6 Å². The van der Waals surface area contributed by atoms with Gasteiger partial charge in [0, 0.05) is 34.9 Å². The smallest absolute Gasteiger partial charge is 0.229 e. The molecular formula is C26H25N5O2. The molecule has 0 spiro atoms. The number of hydrogen-bond acceptors (Lipinski definition) is 7. The molecule has 5 rings (SSSR count). The van der Waals surface area contributed by atoms with Crippen LogP contribution in [0.4, 0.5) is 23.1 Å². The summed E-state index contributed by atoms with van der Waals surface area (Å²) < 4.78 is 11.5. The Morgan fingerprint density at radius 2 is 1.91 bits per heavy atom. The fraction of sp³-hybridized carbons (Fsp3) is 0.192. The fourth-order valence-electron chi connectivity index (χ4n) is 4.02. The maximum absolute atomic E-state index is 5.81. The lowest BCUT2D eigenvalue weighted by Crippen LogP contribution is -2.30. The van der Waals surface area contributed by atoms with Gasteiger partial charge in [-0.2, -0.15) is 4.98 Å². The van der Waals surface area contributed by atoms with E-state index in [-0.39, 0.29) is 0 Å². The molecule has 0 unspecified atom stereocenters. The first-order chi connectivity index (χ1) is 16.1. The van der Waals surface area contributed by atoms with E-state index in [1.165, 1.54) is 5.56 Å². The van der Waals surface area contributed by atoms with Gasteiger partial charge in [0.2, 0.25) is 5.95 Å². The Balaban J connectivity index is 1.46. The quantitative estimate of drug-likeness (QED) is 0.444. The molecule has 1 aliphatic heterocycles. The third-order valence-corrected chi connectivity index (χ3v) is 5.64. The Bertz CT molecular complexity index is 1310. The van der Waals surface area contributed by atoms with Crippen LogP contribution in [0.25, 0.3) is 11.1 Å². The minimum absolute atomic E-state index is 0.493. The van der Waals surface area contributed by atoms with Gasteiger partial charge in [0.1, 0.15) is 12.4 Å². The van der Waals surface area contributed by atoms with Crippen LogP contribution in [0.3, 0.4) is 0 Å². The monoisotopic (exact) mass is 439 g/mol. The summed E-state index contributed by atoms with van der Waals surface area (Å²) in [5.74, 6) is 2.68. The summed E-state index contributed by atoms with van der Waals surface area (Å²) in [6.45, 7) is 5.39. The number of nitrogens with zero attached hydrogens (tertiary/aromatic N) is 4.